The highest BCUT2D eigenvalue weighted by molar-refractivity contribution is 5.99. The fourth-order valence-electron chi connectivity index (χ4n) is 4.32. The van der Waals surface area contributed by atoms with Crippen molar-refractivity contribution in [3.63, 3.8) is 0 Å². The van der Waals surface area contributed by atoms with Gasteiger partial charge in [0.2, 0.25) is 5.91 Å². The van der Waals surface area contributed by atoms with Crippen LogP contribution in [0.2, 0.25) is 0 Å². The maximum absolute atomic E-state index is 13.3. The predicted molar refractivity (Wildman–Crippen MR) is 152 cm³/mol. The lowest BCUT2D eigenvalue weighted by Gasteiger charge is -2.32. The quantitative estimate of drug-likeness (QED) is 0.305. The van der Waals surface area contributed by atoms with Crippen molar-refractivity contribution in [2.24, 2.45) is 23.0 Å². The van der Waals surface area contributed by atoms with Gasteiger partial charge in [0.15, 0.2) is 0 Å². The molecule has 3 amide bonds. The molecule has 0 aromatic heterocycles. The summed E-state index contributed by atoms with van der Waals surface area (Å²) in [4.78, 5) is 40.8. The van der Waals surface area contributed by atoms with Crippen LogP contribution in [-0.4, -0.2) is 54.3 Å². The van der Waals surface area contributed by atoms with Crippen LogP contribution in [0.1, 0.15) is 108 Å². The average Bonchev–Trinajstić information content (AvgIpc) is 2.85. The summed E-state index contributed by atoms with van der Waals surface area (Å²) in [7, 11) is 0. The number of carbonyl (C=O) groups is 3. The van der Waals surface area contributed by atoms with Gasteiger partial charge in [0.25, 0.3) is 11.8 Å². The summed E-state index contributed by atoms with van der Waals surface area (Å²) in [5.41, 5.74) is 7.47. The summed E-state index contributed by atoms with van der Waals surface area (Å²) in [6.45, 7) is 18.6. The van der Waals surface area contributed by atoms with Crippen molar-refractivity contribution in [2.45, 2.75) is 99.6 Å². The number of nitrogens with one attached hydrogen (secondary N) is 2. The largest absolute Gasteiger partial charge is 0.356 e. The Balaban J connectivity index is 3.00. The van der Waals surface area contributed by atoms with Crippen LogP contribution in [0, 0.1) is 17.3 Å². The van der Waals surface area contributed by atoms with Crippen LogP contribution in [0.25, 0.3) is 0 Å². The van der Waals surface area contributed by atoms with E-state index in [0.717, 1.165) is 19.3 Å². The highest BCUT2D eigenvalue weighted by Crippen LogP contribution is 2.24. The molecule has 0 saturated carbocycles. The SMILES string of the molecule is CCCN(CCC)C(=O)c1cccc(C(=O)N[C@@H](CC(C)(C)C)[C@@H](N)C[C@@H](C)C(=O)NC[C@@H](C)CC)c1. The number of nitrogens with two attached hydrogens (primary N) is 1. The molecular weight excluding hydrogens is 464 g/mol. The molecule has 210 valence electrons. The third kappa shape index (κ3) is 11.7. The first-order chi connectivity index (χ1) is 17.3. The van der Waals surface area contributed by atoms with Crippen molar-refractivity contribution in [2.75, 3.05) is 19.6 Å². The molecule has 4 atom stereocenters. The lowest BCUT2D eigenvalue weighted by Crippen LogP contribution is -2.51. The molecule has 0 saturated heterocycles. The Kier molecular flexibility index (Phi) is 13.9. The zero-order valence-electron chi connectivity index (χ0n) is 24.5. The van der Waals surface area contributed by atoms with Gasteiger partial charge < -0.3 is 21.3 Å². The highest BCUT2D eigenvalue weighted by Gasteiger charge is 2.29. The molecule has 0 heterocycles. The normalized spacial score (nSPS) is 14.8. The molecule has 7 nitrogen and oxygen atoms in total. The number of hydrogen-bond acceptors (Lipinski definition) is 4. The van der Waals surface area contributed by atoms with Crippen LogP contribution in [0.3, 0.4) is 0 Å². The van der Waals surface area contributed by atoms with E-state index in [2.05, 4.69) is 59.1 Å². The molecule has 0 aliphatic rings. The van der Waals surface area contributed by atoms with Crippen LogP contribution in [0.5, 0.6) is 0 Å². The minimum absolute atomic E-state index is 0.00786. The van der Waals surface area contributed by atoms with Crippen LogP contribution >= 0.6 is 0 Å². The molecule has 7 heteroatoms. The fraction of sp³-hybridized carbons (Fsp3) is 0.700. The molecule has 0 unspecified atom stereocenters. The molecule has 0 radical (unpaired) electrons. The Hall–Kier alpha value is -2.41. The molecule has 4 N–H and O–H groups in total. The van der Waals surface area contributed by atoms with Gasteiger partial charge in [-0.3, -0.25) is 14.4 Å². The van der Waals surface area contributed by atoms with Crippen LogP contribution in [0.4, 0.5) is 0 Å². The van der Waals surface area contributed by atoms with E-state index >= 15 is 0 Å². The molecular formula is C30H52N4O3. The second-order valence-corrected chi connectivity index (χ2v) is 11.8. The summed E-state index contributed by atoms with van der Waals surface area (Å²) in [6.07, 6.45) is 3.91. The van der Waals surface area contributed by atoms with Gasteiger partial charge in [-0.2, -0.15) is 0 Å². The monoisotopic (exact) mass is 516 g/mol. The smallest absolute Gasteiger partial charge is 0.253 e. The van der Waals surface area contributed by atoms with Gasteiger partial charge in [-0.25, -0.2) is 0 Å². The number of carbonyl (C=O) groups excluding carboxylic acids is 3. The van der Waals surface area contributed by atoms with Gasteiger partial charge in [0.1, 0.15) is 0 Å². The summed E-state index contributed by atoms with van der Waals surface area (Å²) in [5.74, 6) is -0.158. The van der Waals surface area contributed by atoms with E-state index < -0.39 is 0 Å². The molecule has 0 spiro atoms. The van der Waals surface area contributed by atoms with Crippen molar-refractivity contribution in [3.05, 3.63) is 35.4 Å². The average molecular weight is 517 g/mol. The minimum Gasteiger partial charge on any atom is -0.356 e. The third-order valence-electron chi connectivity index (χ3n) is 6.71. The van der Waals surface area contributed by atoms with Crippen LogP contribution in [-0.2, 0) is 4.79 Å². The highest BCUT2D eigenvalue weighted by atomic mass is 16.2. The van der Waals surface area contributed by atoms with E-state index in [1.165, 1.54) is 0 Å². The Labute approximate surface area is 225 Å². The zero-order valence-corrected chi connectivity index (χ0v) is 24.5. The van der Waals surface area contributed by atoms with Crippen LogP contribution < -0.4 is 16.4 Å². The van der Waals surface area contributed by atoms with Crippen molar-refractivity contribution in [1.82, 2.24) is 15.5 Å². The number of rotatable bonds is 15. The van der Waals surface area contributed by atoms with Gasteiger partial charge in [-0.15, -0.1) is 0 Å². The summed E-state index contributed by atoms with van der Waals surface area (Å²) >= 11 is 0. The molecule has 1 rings (SSSR count). The minimum atomic E-state index is -0.387. The number of amides is 3. The van der Waals surface area contributed by atoms with Crippen molar-refractivity contribution in [1.29, 1.82) is 0 Å². The molecule has 1 aromatic rings. The first kappa shape index (κ1) is 32.6. The van der Waals surface area contributed by atoms with E-state index in [9.17, 15) is 14.4 Å². The lowest BCUT2D eigenvalue weighted by molar-refractivity contribution is -0.125. The van der Waals surface area contributed by atoms with Crippen molar-refractivity contribution < 1.29 is 14.4 Å². The van der Waals surface area contributed by atoms with Gasteiger partial charge in [-0.1, -0.05) is 67.9 Å². The Morgan fingerprint density at radius 3 is 2.14 bits per heavy atom. The predicted octanol–water partition coefficient (Wildman–Crippen LogP) is 5.00. The van der Waals surface area contributed by atoms with E-state index in [0.29, 0.717) is 49.5 Å². The van der Waals surface area contributed by atoms with E-state index in [4.69, 9.17) is 5.73 Å². The molecule has 0 fully saturated rings. The summed E-state index contributed by atoms with van der Waals surface area (Å²) < 4.78 is 0. The molecule has 0 aliphatic carbocycles. The Morgan fingerprint density at radius 2 is 1.59 bits per heavy atom. The number of hydrogen-bond donors (Lipinski definition) is 3. The number of benzene rings is 1. The second-order valence-electron chi connectivity index (χ2n) is 11.8. The molecule has 1 aromatic carbocycles. The van der Waals surface area contributed by atoms with E-state index in [1.54, 1.807) is 24.3 Å². The first-order valence-electron chi connectivity index (χ1n) is 14.1. The van der Waals surface area contributed by atoms with Crippen molar-refractivity contribution in [3.8, 4) is 0 Å². The zero-order chi connectivity index (χ0) is 28.2. The van der Waals surface area contributed by atoms with Gasteiger partial charge in [0.05, 0.1) is 0 Å². The summed E-state index contributed by atoms with van der Waals surface area (Å²) in [6, 6.07) is 6.20. The Bertz CT molecular complexity index is 859. The maximum atomic E-state index is 13.3. The lowest BCUT2D eigenvalue weighted by atomic mass is 9.83. The van der Waals surface area contributed by atoms with E-state index in [-0.39, 0.29) is 41.1 Å². The molecule has 0 bridgehead atoms. The van der Waals surface area contributed by atoms with Crippen molar-refractivity contribution >= 4 is 17.7 Å². The van der Waals surface area contributed by atoms with Crippen LogP contribution in [0.15, 0.2) is 24.3 Å². The maximum Gasteiger partial charge on any atom is 0.253 e. The van der Waals surface area contributed by atoms with Gasteiger partial charge in [-0.05, 0) is 55.2 Å². The Morgan fingerprint density at radius 1 is 1.00 bits per heavy atom. The number of nitrogens with zero attached hydrogens (tertiary/aromatic N) is 1. The standard InChI is InChI=1S/C30H52N4O3/c1-9-15-34(16-10-2)29(37)24-14-12-13-23(18-24)28(36)33-26(19-30(6,7)8)25(31)17-22(5)27(35)32-20-21(4)11-3/h12-14,18,21-22,25-26H,9-11,15-17,19-20,31H2,1-8H3,(H,32,35)(H,33,36)/t21-,22+,25-,26-/m0/s1. The summed E-state index contributed by atoms with van der Waals surface area (Å²) in [5, 5.41) is 6.14. The fourth-order valence-corrected chi connectivity index (χ4v) is 4.32. The van der Waals surface area contributed by atoms with Gasteiger partial charge >= 0.3 is 0 Å². The molecule has 0 aliphatic heterocycles. The first-order valence-corrected chi connectivity index (χ1v) is 14.1. The second kappa shape index (κ2) is 15.8. The van der Waals surface area contributed by atoms with E-state index in [1.807, 2.05) is 11.8 Å². The molecule has 37 heavy (non-hydrogen) atoms. The van der Waals surface area contributed by atoms with Gasteiger partial charge in [0, 0.05) is 48.8 Å². The topological polar surface area (TPSA) is 105 Å². The third-order valence-corrected chi connectivity index (χ3v) is 6.71.